The summed E-state index contributed by atoms with van der Waals surface area (Å²) in [6.07, 6.45) is 5.06. The van der Waals surface area contributed by atoms with E-state index in [9.17, 15) is 9.59 Å². The minimum atomic E-state index is -0.944. The van der Waals surface area contributed by atoms with E-state index >= 15 is 0 Å². The summed E-state index contributed by atoms with van der Waals surface area (Å²) in [6, 6.07) is 16.7. The Hall–Kier alpha value is -2.62. The second kappa shape index (κ2) is 7.51. The smallest absolute Gasteiger partial charge is 0.335 e. The van der Waals surface area contributed by atoms with Gasteiger partial charge in [0.1, 0.15) is 0 Å². The van der Waals surface area contributed by atoms with Crippen LogP contribution < -0.4 is 5.32 Å². The Morgan fingerprint density at radius 1 is 0.920 bits per heavy atom. The van der Waals surface area contributed by atoms with E-state index in [-0.39, 0.29) is 11.5 Å². The van der Waals surface area contributed by atoms with Gasteiger partial charge in [0.2, 0.25) is 5.91 Å². The van der Waals surface area contributed by atoms with Gasteiger partial charge in [-0.3, -0.25) is 4.79 Å². The topological polar surface area (TPSA) is 66.4 Å². The fraction of sp³-hybridized carbons (Fsp3) is 0.333. The first-order chi connectivity index (χ1) is 12.1. The molecule has 4 heteroatoms. The molecule has 0 unspecified atom stereocenters. The van der Waals surface area contributed by atoms with Crippen LogP contribution >= 0.6 is 0 Å². The van der Waals surface area contributed by atoms with Crippen LogP contribution in [0.4, 0.5) is 0 Å². The lowest BCUT2D eigenvalue weighted by atomic mass is 9.68. The maximum Gasteiger partial charge on any atom is 0.335 e. The fourth-order valence-corrected chi connectivity index (χ4v) is 3.68. The molecule has 2 aromatic carbocycles. The Labute approximate surface area is 147 Å². The molecule has 130 valence electrons. The molecule has 1 saturated carbocycles. The van der Waals surface area contributed by atoms with Crippen LogP contribution in [0.15, 0.2) is 54.6 Å². The molecule has 0 aliphatic heterocycles. The van der Waals surface area contributed by atoms with Gasteiger partial charge in [-0.15, -0.1) is 0 Å². The zero-order chi connectivity index (χ0) is 17.7. The molecule has 0 spiro atoms. The summed E-state index contributed by atoms with van der Waals surface area (Å²) < 4.78 is 0. The van der Waals surface area contributed by atoms with Crippen molar-refractivity contribution in [1.82, 2.24) is 5.32 Å². The molecular weight excluding hydrogens is 314 g/mol. The molecule has 0 heterocycles. The normalized spacial score (nSPS) is 16.2. The molecular formula is C21H23NO3. The molecule has 1 aliphatic rings. The first-order valence-corrected chi connectivity index (χ1v) is 8.78. The SMILES string of the molecule is O=C(O)c1ccc(CNC(=O)C2(c3ccccc3)CCCCC2)cc1. The zero-order valence-corrected chi connectivity index (χ0v) is 14.2. The van der Waals surface area contributed by atoms with E-state index in [0.29, 0.717) is 6.54 Å². The number of hydrogen-bond acceptors (Lipinski definition) is 2. The summed E-state index contributed by atoms with van der Waals surface area (Å²) >= 11 is 0. The van der Waals surface area contributed by atoms with Gasteiger partial charge in [0.15, 0.2) is 0 Å². The van der Waals surface area contributed by atoms with E-state index in [1.54, 1.807) is 24.3 Å². The van der Waals surface area contributed by atoms with Crippen LogP contribution in [0.3, 0.4) is 0 Å². The van der Waals surface area contributed by atoms with Crippen molar-refractivity contribution in [3.63, 3.8) is 0 Å². The van der Waals surface area contributed by atoms with Crippen molar-refractivity contribution >= 4 is 11.9 Å². The van der Waals surface area contributed by atoms with E-state index in [0.717, 1.165) is 36.8 Å². The van der Waals surface area contributed by atoms with Gasteiger partial charge >= 0.3 is 5.97 Å². The van der Waals surface area contributed by atoms with E-state index in [4.69, 9.17) is 5.11 Å². The van der Waals surface area contributed by atoms with Crippen molar-refractivity contribution in [2.45, 2.75) is 44.1 Å². The van der Waals surface area contributed by atoms with E-state index in [2.05, 4.69) is 5.32 Å². The lowest BCUT2D eigenvalue weighted by Gasteiger charge is -2.36. The van der Waals surface area contributed by atoms with E-state index in [1.807, 2.05) is 30.3 Å². The molecule has 1 aliphatic carbocycles. The number of nitrogens with one attached hydrogen (secondary N) is 1. The molecule has 25 heavy (non-hydrogen) atoms. The van der Waals surface area contributed by atoms with Crippen LogP contribution in [0, 0.1) is 0 Å². The molecule has 0 radical (unpaired) electrons. The van der Waals surface area contributed by atoms with E-state index < -0.39 is 11.4 Å². The third kappa shape index (κ3) is 3.73. The Kier molecular flexibility index (Phi) is 5.17. The maximum atomic E-state index is 13.1. The Bertz CT molecular complexity index is 731. The minimum Gasteiger partial charge on any atom is -0.478 e. The van der Waals surface area contributed by atoms with Gasteiger partial charge in [-0.2, -0.15) is 0 Å². The summed E-state index contributed by atoms with van der Waals surface area (Å²) in [5.74, 6) is -0.874. The molecule has 0 saturated heterocycles. The van der Waals surface area contributed by atoms with Crippen LogP contribution in [0.25, 0.3) is 0 Å². The molecule has 1 amide bonds. The van der Waals surface area contributed by atoms with Crippen molar-refractivity contribution in [3.8, 4) is 0 Å². The summed E-state index contributed by atoms with van der Waals surface area (Å²) in [6.45, 7) is 0.410. The van der Waals surface area contributed by atoms with Crippen molar-refractivity contribution in [1.29, 1.82) is 0 Å². The standard InChI is InChI=1S/C21H23NO3/c23-19(24)17-11-9-16(10-12-17)15-22-20(25)21(13-5-2-6-14-21)18-7-3-1-4-8-18/h1,3-4,7-12H,2,5-6,13-15H2,(H,22,25)(H,23,24). The monoisotopic (exact) mass is 337 g/mol. The zero-order valence-electron chi connectivity index (χ0n) is 14.2. The highest BCUT2D eigenvalue weighted by Gasteiger charge is 2.40. The maximum absolute atomic E-state index is 13.1. The van der Waals surface area contributed by atoms with Crippen molar-refractivity contribution in [2.24, 2.45) is 0 Å². The van der Waals surface area contributed by atoms with Crippen molar-refractivity contribution < 1.29 is 14.7 Å². The molecule has 0 aromatic heterocycles. The molecule has 0 atom stereocenters. The van der Waals surface area contributed by atoms with Gasteiger partial charge < -0.3 is 10.4 Å². The third-order valence-electron chi connectivity index (χ3n) is 5.12. The van der Waals surface area contributed by atoms with Crippen LogP contribution in [-0.2, 0) is 16.8 Å². The molecule has 2 N–H and O–H groups in total. The predicted octanol–water partition coefficient (Wildman–Crippen LogP) is 3.90. The second-order valence-corrected chi connectivity index (χ2v) is 6.69. The van der Waals surface area contributed by atoms with Gasteiger partial charge in [0.25, 0.3) is 0 Å². The van der Waals surface area contributed by atoms with Gasteiger partial charge in [-0.1, -0.05) is 61.7 Å². The van der Waals surface area contributed by atoms with Crippen molar-refractivity contribution in [3.05, 3.63) is 71.3 Å². The fourth-order valence-electron chi connectivity index (χ4n) is 3.68. The number of benzene rings is 2. The van der Waals surface area contributed by atoms with Crippen LogP contribution in [0.2, 0.25) is 0 Å². The average Bonchev–Trinajstić information content (AvgIpc) is 2.67. The highest BCUT2D eigenvalue weighted by Crippen LogP contribution is 2.39. The lowest BCUT2D eigenvalue weighted by molar-refractivity contribution is -0.128. The van der Waals surface area contributed by atoms with Gasteiger partial charge in [0, 0.05) is 6.54 Å². The number of carbonyl (C=O) groups is 2. The largest absolute Gasteiger partial charge is 0.478 e. The van der Waals surface area contributed by atoms with Gasteiger partial charge in [-0.25, -0.2) is 4.79 Å². The summed E-state index contributed by atoms with van der Waals surface area (Å²) in [5.41, 5.74) is 1.80. The Balaban J connectivity index is 1.74. The highest BCUT2D eigenvalue weighted by atomic mass is 16.4. The van der Waals surface area contributed by atoms with E-state index in [1.165, 1.54) is 6.42 Å². The number of carbonyl (C=O) groups excluding carboxylic acids is 1. The number of rotatable bonds is 5. The van der Waals surface area contributed by atoms with Crippen LogP contribution in [0.5, 0.6) is 0 Å². The lowest BCUT2D eigenvalue weighted by Crippen LogP contribution is -2.45. The number of amides is 1. The minimum absolute atomic E-state index is 0.0701. The first-order valence-electron chi connectivity index (χ1n) is 8.78. The molecule has 3 rings (SSSR count). The molecule has 2 aromatic rings. The highest BCUT2D eigenvalue weighted by molar-refractivity contribution is 5.89. The van der Waals surface area contributed by atoms with Crippen LogP contribution in [0.1, 0.15) is 53.6 Å². The Morgan fingerprint density at radius 3 is 2.16 bits per heavy atom. The quantitative estimate of drug-likeness (QED) is 0.869. The third-order valence-corrected chi connectivity index (χ3v) is 5.12. The van der Waals surface area contributed by atoms with Crippen LogP contribution in [-0.4, -0.2) is 17.0 Å². The number of carboxylic acids is 1. The number of hydrogen-bond donors (Lipinski definition) is 2. The predicted molar refractivity (Wildman–Crippen MR) is 96.5 cm³/mol. The molecule has 4 nitrogen and oxygen atoms in total. The summed E-state index contributed by atoms with van der Waals surface area (Å²) in [5, 5.41) is 12.0. The number of aromatic carboxylic acids is 1. The second-order valence-electron chi connectivity index (χ2n) is 6.69. The molecule has 1 fully saturated rings. The number of carboxylic acid groups (broad SMARTS) is 1. The molecule has 0 bridgehead atoms. The summed E-state index contributed by atoms with van der Waals surface area (Å²) in [4.78, 5) is 24.0. The van der Waals surface area contributed by atoms with Crippen molar-refractivity contribution in [2.75, 3.05) is 0 Å². The average molecular weight is 337 g/mol. The van der Waals surface area contributed by atoms with Gasteiger partial charge in [-0.05, 0) is 36.1 Å². The summed E-state index contributed by atoms with van der Waals surface area (Å²) in [7, 11) is 0. The first kappa shape index (κ1) is 17.2. The Morgan fingerprint density at radius 2 is 1.56 bits per heavy atom. The van der Waals surface area contributed by atoms with Gasteiger partial charge in [0.05, 0.1) is 11.0 Å².